The van der Waals surface area contributed by atoms with Gasteiger partial charge in [-0.05, 0) is 57.7 Å². The largest absolute Gasteiger partial charge is 0.377 e. The van der Waals surface area contributed by atoms with Gasteiger partial charge < -0.3 is 10.5 Å². The molecule has 0 spiro atoms. The molecule has 0 saturated carbocycles. The van der Waals surface area contributed by atoms with Crippen molar-refractivity contribution in [2.75, 3.05) is 45.9 Å². The van der Waals surface area contributed by atoms with Crippen LogP contribution in [-0.4, -0.2) is 67.8 Å². The van der Waals surface area contributed by atoms with E-state index in [0.717, 1.165) is 31.7 Å². The van der Waals surface area contributed by atoms with Crippen molar-refractivity contribution in [3.8, 4) is 0 Å². The zero-order chi connectivity index (χ0) is 13.1. The van der Waals surface area contributed by atoms with Crippen LogP contribution in [0.4, 0.5) is 0 Å². The highest BCUT2D eigenvalue weighted by molar-refractivity contribution is 4.87. The first-order valence-electron chi connectivity index (χ1n) is 8.13. The van der Waals surface area contributed by atoms with Gasteiger partial charge in [0.1, 0.15) is 0 Å². The fraction of sp³-hybridized carbons (Fsp3) is 1.00. The zero-order valence-electron chi connectivity index (χ0n) is 12.1. The monoisotopic (exact) mass is 267 g/mol. The summed E-state index contributed by atoms with van der Waals surface area (Å²) in [5.74, 6) is 0.744. The van der Waals surface area contributed by atoms with E-state index in [1.165, 1.54) is 58.3 Å². The Morgan fingerprint density at radius 2 is 2.00 bits per heavy atom. The SMILES string of the molecule is NCC1CCN(C2CCCN(CC3CCCO3)C2)C1. The van der Waals surface area contributed by atoms with Gasteiger partial charge in [-0.25, -0.2) is 0 Å². The molecule has 0 amide bonds. The molecule has 3 aliphatic rings. The molecule has 0 aliphatic carbocycles. The first kappa shape index (κ1) is 13.8. The number of piperidine rings is 1. The summed E-state index contributed by atoms with van der Waals surface area (Å²) in [7, 11) is 0. The third kappa shape index (κ3) is 3.48. The standard InChI is InChI=1S/C15H29N3O/c16-9-13-5-7-18(10-13)14-3-1-6-17(11-14)12-15-4-2-8-19-15/h13-15H,1-12,16H2. The summed E-state index contributed by atoms with van der Waals surface area (Å²) in [6, 6.07) is 0.770. The van der Waals surface area contributed by atoms with Crippen LogP contribution in [0.5, 0.6) is 0 Å². The molecule has 2 N–H and O–H groups in total. The Balaban J connectivity index is 1.47. The van der Waals surface area contributed by atoms with Crippen LogP contribution in [0, 0.1) is 5.92 Å². The first-order chi connectivity index (χ1) is 9.35. The molecule has 3 saturated heterocycles. The minimum atomic E-state index is 0.508. The lowest BCUT2D eigenvalue weighted by Crippen LogP contribution is -2.49. The molecule has 0 bridgehead atoms. The van der Waals surface area contributed by atoms with E-state index >= 15 is 0 Å². The number of ether oxygens (including phenoxy) is 1. The molecule has 4 nitrogen and oxygen atoms in total. The second kappa shape index (κ2) is 6.53. The summed E-state index contributed by atoms with van der Waals surface area (Å²) in [5.41, 5.74) is 5.81. The second-order valence-electron chi connectivity index (χ2n) is 6.58. The topological polar surface area (TPSA) is 41.7 Å². The van der Waals surface area contributed by atoms with E-state index in [9.17, 15) is 0 Å². The average molecular weight is 267 g/mol. The molecule has 3 fully saturated rings. The van der Waals surface area contributed by atoms with Crippen LogP contribution in [0.1, 0.15) is 32.1 Å². The molecule has 3 rings (SSSR count). The molecular weight excluding hydrogens is 238 g/mol. The Labute approximate surface area is 117 Å². The third-order valence-electron chi connectivity index (χ3n) is 5.13. The van der Waals surface area contributed by atoms with Gasteiger partial charge in [0.15, 0.2) is 0 Å². The van der Waals surface area contributed by atoms with Gasteiger partial charge >= 0.3 is 0 Å². The molecule has 3 unspecified atom stereocenters. The van der Waals surface area contributed by atoms with Crippen molar-refractivity contribution < 1.29 is 4.74 Å². The third-order valence-corrected chi connectivity index (χ3v) is 5.13. The smallest absolute Gasteiger partial charge is 0.0702 e. The minimum absolute atomic E-state index is 0.508. The lowest BCUT2D eigenvalue weighted by Gasteiger charge is -2.38. The fourth-order valence-electron chi connectivity index (χ4n) is 3.96. The van der Waals surface area contributed by atoms with E-state index in [4.69, 9.17) is 10.5 Å². The number of rotatable bonds is 4. The Morgan fingerprint density at radius 1 is 1.05 bits per heavy atom. The molecule has 4 heteroatoms. The van der Waals surface area contributed by atoms with Gasteiger partial charge in [0.2, 0.25) is 0 Å². The van der Waals surface area contributed by atoms with E-state index in [0.29, 0.717) is 6.10 Å². The van der Waals surface area contributed by atoms with Gasteiger partial charge in [0, 0.05) is 32.3 Å². The number of nitrogens with zero attached hydrogens (tertiary/aromatic N) is 2. The predicted molar refractivity (Wildman–Crippen MR) is 77.2 cm³/mol. The second-order valence-corrected chi connectivity index (χ2v) is 6.58. The van der Waals surface area contributed by atoms with Crippen molar-refractivity contribution >= 4 is 0 Å². The Bertz CT molecular complexity index is 281. The Hall–Kier alpha value is -0.160. The van der Waals surface area contributed by atoms with Crippen molar-refractivity contribution in [1.82, 2.24) is 9.80 Å². The van der Waals surface area contributed by atoms with E-state index in [1.807, 2.05) is 0 Å². The minimum Gasteiger partial charge on any atom is -0.377 e. The van der Waals surface area contributed by atoms with Crippen LogP contribution in [-0.2, 0) is 4.74 Å². The molecular formula is C15H29N3O. The summed E-state index contributed by atoms with van der Waals surface area (Å²) in [5, 5.41) is 0. The number of nitrogens with two attached hydrogens (primary N) is 1. The van der Waals surface area contributed by atoms with Gasteiger partial charge in [-0.2, -0.15) is 0 Å². The first-order valence-corrected chi connectivity index (χ1v) is 8.13. The predicted octanol–water partition coefficient (Wildman–Crippen LogP) is 0.910. The van der Waals surface area contributed by atoms with Crippen molar-refractivity contribution in [2.45, 2.75) is 44.2 Å². The summed E-state index contributed by atoms with van der Waals surface area (Å²) in [6.07, 6.45) is 7.06. The highest BCUT2D eigenvalue weighted by Crippen LogP contribution is 2.24. The summed E-state index contributed by atoms with van der Waals surface area (Å²) in [4.78, 5) is 5.33. The molecule has 0 aromatic heterocycles. The van der Waals surface area contributed by atoms with Crippen LogP contribution in [0.15, 0.2) is 0 Å². The van der Waals surface area contributed by atoms with E-state index in [-0.39, 0.29) is 0 Å². The van der Waals surface area contributed by atoms with Crippen LogP contribution in [0.3, 0.4) is 0 Å². The Kier molecular flexibility index (Phi) is 4.74. The van der Waals surface area contributed by atoms with Crippen LogP contribution in [0.25, 0.3) is 0 Å². The molecule has 3 aliphatic heterocycles. The number of likely N-dealkylation sites (tertiary alicyclic amines) is 2. The number of hydrogen-bond donors (Lipinski definition) is 1. The quantitative estimate of drug-likeness (QED) is 0.822. The molecule has 110 valence electrons. The van der Waals surface area contributed by atoms with Gasteiger partial charge in [0.05, 0.1) is 6.10 Å². The lowest BCUT2D eigenvalue weighted by atomic mass is 10.0. The summed E-state index contributed by atoms with van der Waals surface area (Å²) < 4.78 is 5.78. The van der Waals surface area contributed by atoms with E-state index in [1.54, 1.807) is 0 Å². The molecule has 3 heterocycles. The highest BCUT2D eigenvalue weighted by Gasteiger charge is 2.31. The van der Waals surface area contributed by atoms with Gasteiger partial charge in [-0.3, -0.25) is 9.80 Å². The summed E-state index contributed by atoms with van der Waals surface area (Å²) >= 11 is 0. The molecule has 19 heavy (non-hydrogen) atoms. The van der Waals surface area contributed by atoms with Crippen LogP contribution < -0.4 is 5.73 Å². The maximum Gasteiger partial charge on any atom is 0.0702 e. The van der Waals surface area contributed by atoms with Gasteiger partial charge in [-0.1, -0.05) is 0 Å². The van der Waals surface area contributed by atoms with Crippen LogP contribution in [0.2, 0.25) is 0 Å². The highest BCUT2D eigenvalue weighted by atomic mass is 16.5. The normalized spacial score (nSPS) is 38.1. The van der Waals surface area contributed by atoms with Crippen molar-refractivity contribution in [3.05, 3.63) is 0 Å². The van der Waals surface area contributed by atoms with E-state index < -0.39 is 0 Å². The van der Waals surface area contributed by atoms with Crippen LogP contribution >= 0.6 is 0 Å². The van der Waals surface area contributed by atoms with E-state index in [2.05, 4.69) is 9.80 Å². The molecule has 3 atom stereocenters. The van der Waals surface area contributed by atoms with Gasteiger partial charge in [0.25, 0.3) is 0 Å². The summed E-state index contributed by atoms with van der Waals surface area (Å²) in [6.45, 7) is 8.01. The maximum atomic E-state index is 5.81. The maximum absolute atomic E-state index is 5.81. The number of hydrogen-bond acceptors (Lipinski definition) is 4. The lowest BCUT2D eigenvalue weighted by molar-refractivity contribution is 0.0451. The van der Waals surface area contributed by atoms with Crippen molar-refractivity contribution in [1.29, 1.82) is 0 Å². The van der Waals surface area contributed by atoms with Crippen molar-refractivity contribution in [3.63, 3.8) is 0 Å². The molecule has 0 aromatic carbocycles. The molecule has 0 radical (unpaired) electrons. The zero-order valence-corrected chi connectivity index (χ0v) is 12.1. The Morgan fingerprint density at radius 3 is 2.74 bits per heavy atom. The molecule has 0 aromatic rings. The fourth-order valence-corrected chi connectivity index (χ4v) is 3.96. The van der Waals surface area contributed by atoms with Gasteiger partial charge in [-0.15, -0.1) is 0 Å². The average Bonchev–Trinajstić information content (AvgIpc) is 3.09. The van der Waals surface area contributed by atoms with Crippen molar-refractivity contribution in [2.24, 2.45) is 11.7 Å².